The number of thiocarbonyl (C=S) groups is 1. The van der Waals surface area contributed by atoms with Crippen molar-refractivity contribution >= 4 is 68.0 Å². The highest BCUT2D eigenvalue weighted by Gasteiger charge is 2.11. The molecule has 0 radical (unpaired) electrons. The fourth-order valence-corrected chi connectivity index (χ4v) is 3.89. The van der Waals surface area contributed by atoms with Gasteiger partial charge in [0, 0.05) is 21.9 Å². The second-order valence-electron chi connectivity index (χ2n) is 6.77. The molecule has 1 atom stereocenters. The summed E-state index contributed by atoms with van der Waals surface area (Å²) < 4.78 is 2.59. The van der Waals surface area contributed by atoms with Crippen LogP contribution >= 0.6 is 51.3 Å². The normalized spacial score (nSPS) is 11.9. The molecule has 0 saturated heterocycles. The van der Waals surface area contributed by atoms with Gasteiger partial charge in [-0.15, -0.1) is 0 Å². The van der Waals surface area contributed by atoms with Gasteiger partial charge in [0.2, 0.25) is 0 Å². The molecule has 0 aliphatic rings. The van der Waals surface area contributed by atoms with Gasteiger partial charge >= 0.3 is 0 Å². The molecule has 1 aromatic heterocycles. The molecule has 8 heteroatoms. The summed E-state index contributed by atoms with van der Waals surface area (Å²) in [4.78, 5) is 0. The van der Waals surface area contributed by atoms with Crippen molar-refractivity contribution in [2.24, 2.45) is 0 Å². The number of hydrogen-bond donors (Lipinski definition) is 2. The quantitative estimate of drug-likeness (QED) is 0.340. The molecule has 0 spiro atoms. The fourth-order valence-electron chi connectivity index (χ4n) is 2.79. The molecule has 152 valence electrons. The first-order valence-electron chi connectivity index (χ1n) is 9.20. The monoisotopic (exact) mass is 510 g/mol. The van der Waals surface area contributed by atoms with Gasteiger partial charge in [0.25, 0.3) is 0 Å². The lowest BCUT2D eigenvalue weighted by molar-refractivity contribution is 0.690. The van der Waals surface area contributed by atoms with Gasteiger partial charge in [-0.3, -0.25) is 4.68 Å². The van der Waals surface area contributed by atoms with E-state index in [1.807, 2.05) is 30.5 Å². The van der Waals surface area contributed by atoms with Crippen molar-refractivity contribution in [2.45, 2.75) is 32.7 Å². The van der Waals surface area contributed by atoms with Gasteiger partial charge in [-0.2, -0.15) is 5.10 Å². The van der Waals surface area contributed by atoms with E-state index < -0.39 is 0 Å². The second kappa shape index (κ2) is 9.94. The number of nitrogens with zero attached hydrogens (tertiary/aromatic N) is 2. The molecule has 3 aromatic rings. The van der Waals surface area contributed by atoms with Crippen molar-refractivity contribution in [1.29, 1.82) is 0 Å². The van der Waals surface area contributed by atoms with E-state index in [1.54, 1.807) is 10.7 Å². The number of benzene rings is 2. The third-order valence-electron chi connectivity index (χ3n) is 4.65. The van der Waals surface area contributed by atoms with Crippen LogP contribution in [0.2, 0.25) is 10.0 Å². The zero-order chi connectivity index (χ0) is 21.0. The van der Waals surface area contributed by atoms with Crippen molar-refractivity contribution in [3.05, 3.63) is 74.3 Å². The lowest BCUT2D eigenvalue weighted by Gasteiger charge is -2.12. The van der Waals surface area contributed by atoms with Crippen molar-refractivity contribution in [3.63, 3.8) is 0 Å². The van der Waals surface area contributed by atoms with Crippen LogP contribution in [0.25, 0.3) is 0 Å². The highest BCUT2D eigenvalue weighted by molar-refractivity contribution is 9.10. The molecule has 29 heavy (non-hydrogen) atoms. The molecule has 3 rings (SSSR count). The Kier molecular flexibility index (Phi) is 7.57. The maximum absolute atomic E-state index is 6.26. The Bertz CT molecular complexity index is 1000. The zero-order valence-corrected chi connectivity index (χ0v) is 20.0. The molecular formula is C21H21BrCl2N4S. The first-order chi connectivity index (χ1) is 13.9. The van der Waals surface area contributed by atoms with Crippen LogP contribution in [0.3, 0.4) is 0 Å². The zero-order valence-electron chi connectivity index (χ0n) is 16.0. The van der Waals surface area contributed by atoms with E-state index >= 15 is 0 Å². The molecule has 0 fully saturated rings. The first kappa shape index (κ1) is 22.1. The van der Waals surface area contributed by atoms with Crippen LogP contribution in [-0.4, -0.2) is 14.9 Å². The Morgan fingerprint density at radius 2 is 1.90 bits per heavy atom. The van der Waals surface area contributed by atoms with E-state index in [4.69, 9.17) is 35.4 Å². The third-order valence-corrected chi connectivity index (χ3v) is 6.02. The number of aromatic nitrogens is 2. The lowest BCUT2D eigenvalue weighted by Crippen LogP contribution is -2.19. The third kappa shape index (κ3) is 5.95. The molecule has 0 aliphatic heterocycles. The van der Waals surface area contributed by atoms with Crippen LogP contribution in [0.4, 0.5) is 11.5 Å². The highest BCUT2D eigenvalue weighted by Crippen LogP contribution is 2.25. The van der Waals surface area contributed by atoms with Crippen molar-refractivity contribution in [1.82, 2.24) is 9.78 Å². The molecule has 2 aromatic carbocycles. The van der Waals surface area contributed by atoms with E-state index in [0.717, 1.165) is 22.1 Å². The van der Waals surface area contributed by atoms with E-state index in [2.05, 4.69) is 57.6 Å². The van der Waals surface area contributed by atoms with Gasteiger partial charge in [0.05, 0.1) is 11.0 Å². The fraction of sp³-hybridized carbons (Fsp3) is 0.238. The summed E-state index contributed by atoms with van der Waals surface area (Å²) in [6, 6.07) is 13.7. The van der Waals surface area contributed by atoms with Crippen LogP contribution in [-0.2, 0) is 6.54 Å². The lowest BCUT2D eigenvalue weighted by atomic mass is 9.99. The Morgan fingerprint density at radius 3 is 2.55 bits per heavy atom. The Morgan fingerprint density at radius 1 is 1.17 bits per heavy atom. The molecular weight excluding hydrogens is 491 g/mol. The largest absolute Gasteiger partial charge is 0.332 e. The summed E-state index contributed by atoms with van der Waals surface area (Å²) in [6.07, 6.45) is 2.99. The molecule has 0 aliphatic carbocycles. The van der Waals surface area contributed by atoms with Crippen LogP contribution in [0.1, 0.15) is 37.3 Å². The number of rotatable bonds is 6. The maximum atomic E-state index is 6.26. The van der Waals surface area contributed by atoms with Gasteiger partial charge in [-0.05, 0) is 75.9 Å². The summed E-state index contributed by atoms with van der Waals surface area (Å²) >= 11 is 21.2. The first-order valence-corrected chi connectivity index (χ1v) is 11.2. The Labute approximate surface area is 194 Å². The summed E-state index contributed by atoms with van der Waals surface area (Å²) in [5.41, 5.74) is 3.18. The Balaban J connectivity index is 1.63. The number of halogens is 3. The number of anilines is 2. The number of hydrogen-bond acceptors (Lipinski definition) is 2. The SMILES string of the molecule is CCC(C)c1ccc(NC(=S)Nc2nn(Cc3ccc(Cl)cc3Cl)cc2Br)cc1. The average molecular weight is 512 g/mol. The molecule has 1 heterocycles. The molecule has 0 saturated carbocycles. The van der Waals surface area contributed by atoms with Crippen LogP contribution < -0.4 is 10.6 Å². The molecule has 1 unspecified atom stereocenters. The van der Waals surface area contributed by atoms with Crippen LogP contribution in [0, 0.1) is 0 Å². The summed E-state index contributed by atoms with van der Waals surface area (Å²) in [7, 11) is 0. The summed E-state index contributed by atoms with van der Waals surface area (Å²) in [5, 5.41) is 12.5. The topological polar surface area (TPSA) is 41.9 Å². The van der Waals surface area contributed by atoms with Crippen molar-refractivity contribution < 1.29 is 0 Å². The molecule has 0 amide bonds. The Hall–Kier alpha value is -1.60. The average Bonchev–Trinajstić information content (AvgIpc) is 3.02. The van der Waals surface area contributed by atoms with Gasteiger partial charge < -0.3 is 10.6 Å². The molecule has 2 N–H and O–H groups in total. The number of nitrogens with one attached hydrogen (secondary N) is 2. The van der Waals surface area contributed by atoms with Crippen molar-refractivity contribution in [2.75, 3.05) is 10.6 Å². The molecule has 4 nitrogen and oxygen atoms in total. The van der Waals surface area contributed by atoms with Crippen LogP contribution in [0.5, 0.6) is 0 Å². The van der Waals surface area contributed by atoms with E-state index in [0.29, 0.717) is 33.4 Å². The minimum absolute atomic E-state index is 0.469. The molecule has 0 bridgehead atoms. The van der Waals surface area contributed by atoms with Crippen molar-refractivity contribution in [3.8, 4) is 0 Å². The predicted octanol–water partition coefficient (Wildman–Crippen LogP) is 7.32. The summed E-state index contributed by atoms with van der Waals surface area (Å²) in [5.74, 6) is 1.17. The van der Waals surface area contributed by atoms with Gasteiger partial charge in [0.15, 0.2) is 10.9 Å². The second-order valence-corrected chi connectivity index (χ2v) is 8.88. The maximum Gasteiger partial charge on any atom is 0.176 e. The van der Waals surface area contributed by atoms with Gasteiger partial charge in [-0.25, -0.2) is 0 Å². The minimum atomic E-state index is 0.469. The van der Waals surface area contributed by atoms with Crippen LogP contribution in [0.15, 0.2) is 53.1 Å². The minimum Gasteiger partial charge on any atom is -0.332 e. The highest BCUT2D eigenvalue weighted by atomic mass is 79.9. The summed E-state index contributed by atoms with van der Waals surface area (Å²) in [6.45, 7) is 4.93. The van der Waals surface area contributed by atoms with E-state index in [1.165, 1.54) is 5.56 Å². The smallest absolute Gasteiger partial charge is 0.176 e. The predicted molar refractivity (Wildman–Crippen MR) is 130 cm³/mol. The van der Waals surface area contributed by atoms with Gasteiger partial charge in [0.1, 0.15) is 0 Å². The van der Waals surface area contributed by atoms with E-state index in [-0.39, 0.29) is 0 Å². The van der Waals surface area contributed by atoms with Gasteiger partial charge in [-0.1, -0.05) is 55.2 Å². The standard InChI is InChI=1S/C21H21BrCl2N4S/c1-3-13(2)14-5-8-17(9-6-14)25-21(29)26-20-18(22)12-28(27-20)11-15-4-7-16(23)10-19(15)24/h4-10,12-13H,3,11H2,1-2H3,(H2,25,26,27,29). The van der Waals surface area contributed by atoms with E-state index in [9.17, 15) is 0 Å².